The van der Waals surface area contributed by atoms with E-state index in [-0.39, 0.29) is 5.91 Å². The minimum Gasteiger partial charge on any atom is -0.355 e. The number of carbonyl (C=O) groups excluding carboxylic acids is 1. The minimum absolute atomic E-state index is 0.0255. The van der Waals surface area contributed by atoms with Crippen LogP contribution in [0.15, 0.2) is 18.2 Å². The van der Waals surface area contributed by atoms with E-state index >= 15 is 0 Å². The highest BCUT2D eigenvalue weighted by atomic mass is 35.5. The van der Waals surface area contributed by atoms with Gasteiger partial charge in [-0.05, 0) is 43.6 Å². The summed E-state index contributed by atoms with van der Waals surface area (Å²) in [5.74, 6) is 0.0255. The zero-order chi connectivity index (χ0) is 13.7. The van der Waals surface area contributed by atoms with Crippen LogP contribution in [-0.2, 0) is 11.2 Å². The number of hydrogen-bond donors (Lipinski definition) is 1. The van der Waals surface area contributed by atoms with E-state index in [2.05, 4.69) is 10.2 Å². The van der Waals surface area contributed by atoms with Crippen molar-refractivity contribution in [2.75, 3.05) is 26.2 Å². The van der Waals surface area contributed by atoms with Gasteiger partial charge in [-0.15, -0.1) is 0 Å². The maximum absolute atomic E-state index is 11.8. The molecule has 1 saturated heterocycles. The van der Waals surface area contributed by atoms with Gasteiger partial charge in [-0.3, -0.25) is 4.79 Å². The van der Waals surface area contributed by atoms with Crippen LogP contribution in [0.2, 0.25) is 10.0 Å². The molecule has 1 fully saturated rings. The summed E-state index contributed by atoms with van der Waals surface area (Å²) >= 11 is 11.8. The molecular formula is C14H18Cl2N2O. The van der Waals surface area contributed by atoms with Gasteiger partial charge in [-0.2, -0.15) is 0 Å². The number of nitrogens with zero attached hydrogens (tertiary/aromatic N) is 1. The van der Waals surface area contributed by atoms with Crippen LogP contribution in [0.4, 0.5) is 0 Å². The monoisotopic (exact) mass is 300 g/mol. The molecule has 0 saturated carbocycles. The highest BCUT2D eigenvalue weighted by molar-refractivity contribution is 6.42. The van der Waals surface area contributed by atoms with Crippen molar-refractivity contribution in [3.63, 3.8) is 0 Å². The first-order valence-electron chi connectivity index (χ1n) is 6.58. The van der Waals surface area contributed by atoms with Crippen LogP contribution >= 0.6 is 23.2 Å². The van der Waals surface area contributed by atoms with E-state index in [0.29, 0.717) is 23.0 Å². The molecule has 1 aliphatic heterocycles. The normalized spacial score (nSPS) is 15.7. The summed E-state index contributed by atoms with van der Waals surface area (Å²) in [6.07, 6.45) is 2.89. The molecule has 3 nitrogen and oxygen atoms in total. The van der Waals surface area contributed by atoms with Crippen LogP contribution in [-0.4, -0.2) is 37.0 Å². The molecule has 0 atom stereocenters. The van der Waals surface area contributed by atoms with Crippen LogP contribution in [0.3, 0.4) is 0 Å². The summed E-state index contributed by atoms with van der Waals surface area (Å²) in [6, 6.07) is 5.29. The first-order chi connectivity index (χ1) is 9.15. The van der Waals surface area contributed by atoms with E-state index in [1.54, 1.807) is 12.1 Å². The zero-order valence-corrected chi connectivity index (χ0v) is 12.3. The molecule has 0 unspecified atom stereocenters. The molecule has 5 heteroatoms. The molecule has 0 bridgehead atoms. The third-order valence-electron chi connectivity index (χ3n) is 3.30. The van der Waals surface area contributed by atoms with Crippen molar-refractivity contribution in [3.8, 4) is 0 Å². The van der Waals surface area contributed by atoms with Gasteiger partial charge < -0.3 is 10.2 Å². The Bertz CT molecular complexity index is 445. The largest absolute Gasteiger partial charge is 0.355 e. The summed E-state index contributed by atoms with van der Waals surface area (Å²) in [6.45, 7) is 3.96. The predicted octanol–water partition coefficient (Wildman–Crippen LogP) is 2.75. The number of amides is 1. The van der Waals surface area contributed by atoms with Crippen molar-refractivity contribution in [1.82, 2.24) is 10.2 Å². The Hall–Kier alpha value is -0.770. The second-order valence-corrected chi connectivity index (χ2v) is 5.64. The first-order valence-corrected chi connectivity index (χ1v) is 7.34. The number of rotatable bonds is 5. The lowest BCUT2D eigenvalue weighted by molar-refractivity contribution is -0.120. The number of carbonyl (C=O) groups is 1. The van der Waals surface area contributed by atoms with E-state index in [9.17, 15) is 4.79 Å². The number of nitrogens with one attached hydrogen (secondary N) is 1. The Morgan fingerprint density at radius 3 is 2.63 bits per heavy atom. The lowest BCUT2D eigenvalue weighted by Crippen LogP contribution is -2.34. The van der Waals surface area contributed by atoms with Gasteiger partial charge >= 0.3 is 0 Å². The molecule has 0 aromatic heterocycles. The average Bonchev–Trinajstić information content (AvgIpc) is 2.87. The predicted molar refractivity (Wildman–Crippen MR) is 78.8 cm³/mol. The van der Waals surface area contributed by atoms with Crippen molar-refractivity contribution in [3.05, 3.63) is 33.8 Å². The molecular weight excluding hydrogens is 283 g/mol. The summed E-state index contributed by atoms with van der Waals surface area (Å²) in [4.78, 5) is 14.2. The minimum atomic E-state index is 0.0255. The molecule has 1 aromatic rings. The standard InChI is InChI=1S/C14H18Cl2N2O/c15-12-4-3-11(9-13(12)16)10-14(19)17-5-8-18-6-1-2-7-18/h3-4,9H,1-2,5-8,10H2,(H,17,19). The van der Waals surface area contributed by atoms with E-state index < -0.39 is 0 Å². The summed E-state index contributed by atoms with van der Waals surface area (Å²) in [5.41, 5.74) is 0.882. The zero-order valence-electron chi connectivity index (χ0n) is 10.8. The molecule has 1 aromatic carbocycles. The molecule has 1 heterocycles. The fourth-order valence-corrected chi connectivity index (χ4v) is 2.58. The summed E-state index contributed by atoms with van der Waals surface area (Å²) in [5, 5.41) is 3.94. The number of hydrogen-bond acceptors (Lipinski definition) is 2. The highest BCUT2D eigenvalue weighted by Gasteiger charge is 2.11. The number of benzene rings is 1. The van der Waals surface area contributed by atoms with Gasteiger partial charge in [0.25, 0.3) is 0 Å². The molecule has 1 N–H and O–H groups in total. The Balaban J connectivity index is 1.72. The number of halogens is 2. The first kappa shape index (κ1) is 14.6. The lowest BCUT2D eigenvalue weighted by Gasteiger charge is -2.14. The van der Waals surface area contributed by atoms with Crippen LogP contribution in [0.1, 0.15) is 18.4 Å². The van der Waals surface area contributed by atoms with E-state index in [4.69, 9.17) is 23.2 Å². The number of likely N-dealkylation sites (tertiary alicyclic amines) is 1. The van der Waals surface area contributed by atoms with Crippen LogP contribution in [0, 0.1) is 0 Å². The Morgan fingerprint density at radius 2 is 1.95 bits per heavy atom. The van der Waals surface area contributed by atoms with Crippen molar-refractivity contribution in [2.45, 2.75) is 19.3 Å². The van der Waals surface area contributed by atoms with Crippen LogP contribution in [0.5, 0.6) is 0 Å². The highest BCUT2D eigenvalue weighted by Crippen LogP contribution is 2.22. The third kappa shape index (κ3) is 4.68. The van der Waals surface area contributed by atoms with E-state index in [1.165, 1.54) is 12.8 Å². The maximum atomic E-state index is 11.8. The summed E-state index contributed by atoms with van der Waals surface area (Å²) in [7, 11) is 0. The quantitative estimate of drug-likeness (QED) is 0.907. The van der Waals surface area contributed by atoms with Crippen LogP contribution in [0.25, 0.3) is 0 Å². The van der Waals surface area contributed by atoms with Crippen molar-refractivity contribution < 1.29 is 4.79 Å². The van der Waals surface area contributed by atoms with Gasteiger partial charge in [0.05, 0.1) is 16.5 Å². The molecule has 104 valence electrons. The molecule has 19 heavy (non-hydrogen) atoms. The van der Waals surface area contributed by atoms with Crippen molar-refractivity contribution in [2.24, 2.45) is 0 Å². The molecule has 0 spiro atoms. The van der Waals surface area contributed by atoms with Crippen molar-refractivity contribution in [1.29, 1.82) is 0 Å². The molecule has 2 rings (SSSR count). The average molecular weight is 301 g/mol. The van der Waals surface area contributed by atoms with Crippen LogP contribution < -0.4 is 5.32 Å². The van der Waals surface area contributed by atoms with Gasteiger partial charge in [0.15, 0.2) is 0 Å². The second kappa shape index (κ2) is 7.13. The molecule has 0 aliphatic carbocycles. The molecule has 0 radical (unpaired) electrons. The Morgan fingerprint density at radius 1 is 1.21 bits per heavy atom. The summed E-state index contributed by atoms with van der Waals surface area (Å²) < 4.78 is 0. The van der Waals surface area contributed by atoms with Gasteiger partial charge in [-0.25, -0.2) is 0 Å². The maximum Gasteiger partial charge on any atom is 0.224 e. The van der Waals surface area contributed by atoms with E-state index in [1.807, 2.05) is 6.07 Å². The van der Waals surface area contributed by atoms with Crippen molar-refractivity contribution >= 4 is 29.1 Å². The lowest BCUT2D eigenvalue weighted by atomic mass is 10.1. The Labute approximate surface area is 123 Å². The van der Waals surface area contributed by atoms with Gasteiger partial charge in [0.2, 0.25) is 5.91 Å². The Kier molecular flexibility index (Phi) is 5.49. The van der Waals surface area contributed by atoms with Gasteiger partial charge in [0, 0.05) is 13.1 Å². The smallest absolute Gasteiger partial charge is 0.224 e. The second-order valence-electron chi connectivity index (χ2n) is 4.82. The topological polar surface area (TPSA) is 32.3 Å². The van der Waals surface area contributed by atoms with Gasteiger partial charge in [0.1, 0.15) is 0 Å². The SMILES string of the molecule is O=C(Cc1ccc(Cl)c(Cl)c1)NCCN1CCCC1. The molecule has 1 aliphatic rings. The van der Waals surface area contributed by atoms with Gasteiger partial charge in [-0.1, -0.05) is 29.3 Å². The van der Waals surface area contributed by atoms with E-state index in [0.717, 1.165) is 25.2 Å². The fourth-order valence-electron chi connectivity index (χ4n) is 2.26. The molecule has 1 amide bonds. The third-order valence-corrected chi connectivity index (χ3v) is 4.04. The fraction of sp³-hybridized carbons (Fsp3) is 0.500.